The Bertz CT molecular complexity index is 1200. The molecule has 3 aliphatic carbocycles. The molecule has 1 N–H and O–H groups in total. The Morgan fingerprint density at radius 1 is 1.03 bits per heavy atom. The predicted octanol–water partition coefficient (Wildman–Crippen LogP) is 1.40. The van der Waals surface area contributed by atoms with Crippen molar-refractivity contribution in [2.75, 3.05) is 6.61 Å². The van der Waals surface area contributed by atoms with Crippen LogP contribution in [-0.4, -0.2) is 64.4 Å². The number of nitrogens with one attached hydrogen (secondary N) is 1. The van der Waals surface area contributed by atoms with Crippen LogP contribution in [-0.2, 0) is 53.1 Å². The van der Waals surface area contributed by atoms with Gasteiger partial charge in [0.15, 0.2) is 6.61 Å². The molecule has 0 spiro atoms. The van der Waals surface area contributed by atoms with Crippen LogP contribution in [0.5, 0.6) is 0 Å². The molecular weight excluding hydrogens is 556 g/mol. The van der Waals surface area contributed by atoms with Crippen LogP contribution in [0.3, 0.4) is 0 Å². The zero-order chi connectivity index (χ0) is 28.3. The topological polar surface area (TPSA) is 168 Å². The van der Waals surface area contributed by atoms with E-state index in [4.69, 9.17) is 13.7 Å². The number of carbonyl (C=O) groups is 3. The summed E-state index contributed by atoms with van der Waals surface area (Å²) in [5.74, 6) is -5.51. The van der Waals surface area contributed by atoms with E-state index in [-0.39, 0.29) is 24.7 Å². The highest BCUT2D eigenvalue weighted by Crippen LogP contribution is 2.55. The number of fused-ring (bicyclic) bond motifs is 1. The van der Waals surface area contributed by atoms with Gasteiger partial charge in [-0.15, -0.1) is 0 Å². The molecule has 7 atom stereocenters. The van der Waals surface area contributed by atoms with Crippen LogP contribution >= 0.6 is 0 Å². The first kappa shape index (κ1) is 29.1. The number of sulfonamides is 1. The zero-order valence-corrected chi connectivity index (χ0v) is 22.7. The zero-order valence-electron chi connectivity index (χ0n) is 21.1. The van der Waals surface area contributed by atoms with Crippen molar-refractivity contribution >= 4 is 38.2 Å². The molecule has 2 bridgehead atoms. The molecule has 4 rings (SSSR count). The monoisotopic (exact) mass is 587 g/mol. The van der Waals surface area contributed by atoms with Crippen LogP contribution < -0.4 is 4.13 Å². The van der Waals surface area contributed by atoms with Crippen molar-refractivity contribution in [3.8, 4) is 0 Å². The summed E-state index contributed by atoms with van der Waals surface area (Å²) in [6.45, 7) is 2.91. The highest BCUT2D eigenvalue weighted by molar-refractivity contribution is 8.03. The molecule has 0 amide bonds. The van der Waals surface area contributed by atoms with Gasteiger partial charge in [-0.2, -0.15) is 17.2 Å². The Kier molecular flexibility index (Phi) is 7.60. The Labute approximate surface area is 219 Å². The SMILES string of the molecule is CC(C)(C)OC(=O)C1CCCCC1C(=O)OCC(F)(F)S(=O)(=O)NS(=O)(=O)OC1C2CC3C1OC(=O)[C@H]3C2. The van der Waals surface area contributed by atoms with E-state index >= 15 is 0 Å². The maximum absolute atomic E-state index is 14.6. The van der Waals surface area contributed by atoms with Crippen molar-refractivity contribution in [1.29, 1.82) is 0 Å². The van der Waals surface area contributed by atoms with Crippen molar-refractivity contribution in [3.05, 3.63) is 0 Å². The molecule has 6 unspecified atom stereocenters. The van der Waals surface area contributed by atoms with Gasteiger partial charge in [0, 0.05) is 5.92 Å². The van der Waals surface area contributed by atoms with E-state index in [9.17, 15) is 40.0 Å². The van der Waals surface area contributed by atoms with Gasteiger partial charge in [0.25, 0.3) is 10.0 Å². The highest BCUT2D eigenvalue weighted by atomic mass is 32.3. The van der Waals surface area contributed by atoms with Crippen LogP contribution in [0.4, 0.5) is 8.78 Å². The second kappa shape index (κ2) is 9.93. The van der Waals surface area contributed by atoms with Crippen LogP contribution in [0, 0.1) is 29.6 Å². The summed E-state index contributed by atoms with van der Waals surface area (Å²) in [5.41, 5.74) is -0.845. The third-order valence-corrected chi connectivity index (χ3v) is 10.5. The van der Waals surface area contributed by atoms with E-state index in [1.54, 1.807) is 20.8 Å². The number of hydrogen-bond donors (Lipinski definition) is 1. The molecule has 1 saturated heterocycles. The highest BCUT2D eigenvalue weighted by Gasteiger charge is 2.63. The van der Waals surface area contributed by atoms with Gasteiger partial charge < -0.3 is 14.2 Å². The van der Waals surface area contributed by atoms with Gasteiger partial charge in [-0.05, 0) is 52.4 Å². The minimum Gasteiger partial charge on any atom is -0.460 e. The average Bonchev–Trinajstić information content (AvgIpc) is 3.41. The van der Waals surface area contributed by atoms with Crippen LogP contribution in [0.25, 0.3) is 0 Å². The Morgan fingerprint density at radius 3 is 2.24 bits per heavy atom. The van der Waals surface area contributed by atoms with Gasteiger partial charge in [-0.3, -0.25) is 14.4 Å². The number of alkyl halides is 2. The van der Waals surface area contributed by atoms with Crippen LogP contribution in [0.15, 0.2) is 0 Å². The largest absolute Gasteiger partial charge is 0.460 e. The second-order valence-electron chi connectivity index (χ2n) is 11.3. The van der Waals surface area contributed by atoms with Crippen LogP contribution in [0.2, 0.25) is 0 Å². The van der Waals surface area contributed by atoms with Gasteiger partial charge in [-0.25, -0.2) is 12.6 Å². The maximum atomic E-state index is 14.6. The average molecular weight is 588 g/mol. The molecule has 0 aromatic carbocycles. The number of esters is 3. The smallest absolute Gasteiger partial charge is 0.393 e. The summed E-state index contributed by atoms with van der Waals surface area (Å²) in [6.07, 6.45) is 0.168. The van der Waals surface area contributed by atoms with E-state index in [0.29, 0.717) is 25.7 Å². The molecule has 0 radical (unpaired) electrons. The summed E-state index contributed by atoms with van der Waals surface area (Å²) in [6, 6.07) is 0. The molecule has 4 aliphatic rings. The van der Waals surface area contributed by atoms with Crippen LogP contribution in [0.1, 0.15) is 59.3 Å². The van der Waals surface area contributed by atoms with Gasteiger partial charge in [0.2, 0.25) is 0 Å². The fourth-order valence-electron chi connectivity index (χ4n) is 5.81. The first-order valence-corrected chi connectivity index (χ1v) is 15.2. The molecule has 0 aromatic heterocycles. The number of carbonyl (C=O) groups excluding carboxylic acids is 3. The molecule has 1 heterocycles. The molecule has 16 heteroatoms. The molecule has 12 nitrogen and oxygen atoms in total. The lowest BCUT2D eigenvalue weighted by molar-refractivity contribution is -0.172. The molecular formula is C22H31F2NO11S2. The summed E-state index contributed by atoms with van der Waals surface area (Å²) >= 11 is 0. The molecule has 1 aliphatic heterocycles. The van der Waals surface area contributed by atoms with E-state index < -0.39 is 85.7 Å². The minimum atomic E-state index is -5.95. The summed E-state index contributed by atoms with van der Waals surface area (Å²) in [4.78, 5) is 36.9. The number of rotatable bonds is 9. The lowest BCUT2D eigenvalue weighted by Gasteiger charge is -2.31. The van der Waals surface area contributed by atoms with Crippen molar-refractivity contribution < 1.29 is 58.4 Å². The Morgan fingerprint density at radius 2 is 1.63 bits per heavy atom. The molecule has 38 heavy (non-hydrogen) atoms. The Hall–Kier alpha value is -1.91. The van der Waals surface area contributed by atoms with E-state index in [2.05, 4.69) is 4.74 Å². The van der Waals surface area contributed by atoms with Gasteiger partial charge in [0.05, 0.1) is 17.8 Å². The quantitative estimate of drug-likeness (QED) is 0.306. The van der Waals surface area contributed by atoms with Crippen molar-refractivity contribution in [2.45, 2.75) is 82.4 Å². The predicted molar refractivity (Wildman–Crippen MR) is 123 cm³/mol. The third-order valence-electron chi connectivity index (χ3n) is 7.42. The fourth-order valence-corrected chi connectivity index (χ4v) is 8.30. The summed E-state index contributed by atoms with van der Waals surface area (Å²) in [5, 5.41) is -4.85. The van der Waals surface area contributed by atoms with E-state index in [0.717, 1.165) is 4.13 Å². The van der Waals surface area contributed by atoms with E-state index in [1.165, 1.54) is 0 Å². The summed E-state index contributed by atoms with van der Waals surface area (Å²) in [7, 11) is -11.2. The summed E-state index contributed by atoms with van der Waals surface area (Å²) < 4.78 is 99.1. The molecule has 3 saturated carbocycles. The second-order valence-corrected chi connectivity index (χ2v) is 14.7. The van der Waals surface area contributed by atoms with Gasteiger partial charge in [-0.1, -0.05) is 17.0 Å². The lowest BCUT2D eigenvalue weighted by Crippen LogP contribution is -2.48. The molecule has 4 fully saturated rings. The minimum absolute atomic E-state index is 0.150. The normalized spacial score (nSPS) is 33.2. The maximum Gasteiger partial charge on any atom is 0.393 e. The Balaban J connectivity index is 1.36. The standard InChI is InChI=1S/C22H31F2NO11S2/c1-21(2,3)35-20(28)13-7-5-4-6-12(13)18(26)33-10-22(23,24)37(29,30)25-38(31,32)36-16-11-8-14-15(9-11)19(27)34-17(14)16/h11-17,25H,4-10H2,1-3H3/t11?,12?,13?,14?,15-,16?,17?/m0/s1. The molecule has 216 valence electrons. The first-order valence-electron chi connectivity index (χ1n) is 12.3. The molecule has 0 aromatic rings. The van der Waals surface area contributed by atoms with Crippen molar-refractivity contribution in [1.82, 2.24) is 4.13 Å². The van der Waals surface area contributed by atoms with Gasteiger partial charge in [0.1, 0.15) is 17.8 Å². The van der Waals surface area contributed by atoms with Crippen molar-refractivity contribution in [2.24, 2.45) is 29.6 Å². The van der Waals surface area contributed by atoms with E-state index in [1.807, 2.05) is 0 Å². The van der Waals surface area contributed by atoms with Crippen molar-refractivity contribution in [3.63, 3.8) is 0 Å². The third kappa shape index (κ3) is 5.82. The van der Waals surface area contributed by atoms with Gasteiger partial charge >= 0.3 is 33.5 Å². The number of hydrogen-bond acceptors (Lipinski definition) is 11. The fraction of sp³-hybridized carbons (Fsp3) is 0.864. The lowest BCUT2D eigenvalue weighted by atomic mass is 9.79. The first-order chi connectivity index (χ1) is 17.4. The number of halogens is 2. The number of ether oxygens (including phenoxy) is 3.